The molecule has 1 heterocycles. The highest BCUT2D eigenvalue weighted by Crippen LogP contribution is 2.24. The van der Waals surface area contributed by atoms with Crippen molar-refractivity contribution in [2.45, 2.75) is 31.7 Å². The third-order valence-corrected chi connectivity index (χ3v) is 5.11. The molecule has 2 fully saturated rings. The molecule has 1 aliphatic carbocycles. The molecule has 24 heavy (non-hydrogen) atoms. The highest BCUT2D eigenvalue weighted by atomic mass is 16.5. The van der Waals surface area contributed by atoms with Crippen molar-refractivity contribution in [2.75, 3.05) is 46.4 Å². The first-order valence-corrected chi connectivity index (χ1v) is 8.99. The number of piperazine rings is 1. The minimum Gasteiger partial charge on any atom is -0.497 e. The van der Waals surface area contributed by atoms with Gasteiger partial charge in [0.15, 0.2) is 5.78 Å². The summed E-state index contributed by atoms with van der Waals surface area (Å²) in [5.74, 6) is 1.63. The van der Waals surface area contributed by atoms with Crippen molar-refractivity contribution >= 4 is 5.78 Å². The fourth-order valence-electron chi connectivity index (χ4n) is 3.69. The summed E-state index contributed by atoms with van der Waals surface area (Å²) in [6.07, 6.45) is 5.47. The van der Waals surface area contributed by atoms with Crippen LogP contribution < -0.4 is 9.47 Å². The third-order valence-electron chi connectivity index (χ3n) is 5.11. The number of carbonyl (C=O) groups excluding carboxylic acids is 1. The number of methoxy groups -OCH3 is 1. The smallest absolute Gasteiger partial charge is 0.184 e. The Balaban J connectivity index is 1.36. The van der Waals surface area contributed by atoms with Crippen molar-refractivity contribution in [2.24, 2.45) is 0 Å². The Bertz CT molecular complexity index is 518. The van der Waals surface area contributed by atoms with Gasteiger partial charge in [-0.1, -0.05) is 12.8 Å². The van der Waals surface area contributed by atoms with E-state index >= 15 is 0 Å². The molecule has 0 radical (unpaired) electrons. The van der Waals surface area contributed by atoms with E-state index in [-0.39, 0.29) is 12.4 Å². The molecule has 0 unspecified atom stereocenters. The van der Waals surface area contributed by atoms with Gasteiger partial charge in [0.25, 0.3) is 0 Å². The Labute approximate surface area is 144 Å². The molecular formula is C19H28N2O3. The predicted molar refractivity (Wildman–Crippen MR) is 93.8 cm³/mol. The number of ether oxygens (including phenoxy) is 2. The lowest BCUT2D eigenvalue weighted by Gasteiger charge is -2.37. The second-order valence-corrected chi connectivity index (χ2v) is 6.75. The Kier molecular flexibility index (Phi) is 6.10. The molecule has 0 spiro atoms. The summed E-state index contributed by atoms with van der Waals surface area (Å²) in [5, 5.41) is 0. The third kappa shape index (κ3) is 4.71. The SMILES string of the molecule is COc1ccc(OCC(=O)CN2CCN(C3CCCC3)CC2)cc1. The Morgan fingerprint density at radius 3 is 2.29 bits per heavy atom. The number of hydrogen-bond donors (Lipinski definition) is 0. The zero-order valence-corrected chi connectivity index (χ0v) is 14.6. The second-order valence-electron chi connectivity index (χ2n) is 6.75. The lowest BCUT2D eigenvalue weighted by molar-refractivity contribution is -0.122. The van der Waals surface area contributed by atoms with Crippen LogP contribution in [0, 0.1) is 0 Å². The first-order valence-electron chi connectivity index (χ1n) is 8.99. The van der Waals surface area contributed by atoms with Crippen LogP contribution in [-0.4, -0.2) is 68.1 Å². The van der Waals surface area contributed by atoms with Gasteiger partial charge < -0.3 is 9.47 Å². The van der Waals surface area contributed by atoms with Crippen molar-refractivity contribution in [1.82, 2.24) is 9.80 Å². The molecule has 0 amide bonds. The number of carbonyl (C=O) groups is 1. The summed E-state index contributed by atoms with van der Waals surface area (Å²) in [7, 11) is 1.63. The molecule has 3 rings (SSSR count). The standard InChI is InChI=1S/C19H28N2O3/c1-23-18-6-8-19(9-7-18)24-15-17(22)14-20-10-12-21(13-11-20)16-4-2-3-5-16/h6-9,16H,2-5,10-15H2,1H3. The van der Waals surface area contributed by atoms with Crippen molar-refractivity contribution in [1.29, 1.82) is 0 Å². The molecule has 132 valence electrons. The highest BCUT2D eigenvalue weighted by Gasteiger charge is 2.26. The first-order chi connectivity index (χ1) is 11.7. The first kappa shape index (κ1) is 17.2. The van der Waals surface area contributed by atoms with E-state index in [0.29, 0.717) is 12.3 Å². The normalized spacial score (nSPS) is 20.2. The molecule has 1 saturated carbocycles. The molecule has 0 bridgehead atoms. The molecule has 5 nitrogen and oxygen atoms in total. The van der Waals surface area contributed by atoms with Crippen LogP contribution in [-0.2, 0) is 4.79 Å². The number of benzene rings is 1. The fourth-order valence-corrected chi connectivity index (χ4v) is 3.69. The minimum absolute atomic E-state index is 0.134. The number of Topliss-reactive ketones (excluding diaryl/α,β-unsaturated/α-hetero) is 1. The van der Waals surface area contributed by atoms with Crippen molar-refractivity contribution in [3.05, 3.63) is 24.3 Å². The molecule has 1 aromatic rings. The lowest BCUT2D eigenvalue weighted by Crippen LogP contribution is -2.51. The van der Waals surface area contributed by atoms with Gasteiger partial charge in [-0.2, -0.15) is 0 Å². The van der Waals surface area contributed by atoms with Crippen LogP contribution in [0.2, 0.25) is 0 Å². The molecule has 0 atom stereocenters. The van der Waals surface area contributed by atoms with Crippen LogP contribution in [0.4, 0.5) is 0 Å². The number of ketones is 1. The summed E-state index contributed by atoms with van der Waals surface area (Å²) in [6.45, 7) is 4.80. The maximum absolute atomic E-state index is 12.1. The quantitative estimate of drug-likeness (QED) is 0.766. The van der Waals surface area contributed by atoms with Gasteiger partial charge in [-0.25, -0.2) is 0 Å². The van der Waals surface area contributed by atoms with Crippen LogP contribution in [0.25, 0.3) is 0 Å². The van der Waals surface area contributed by atoms with Crippen LogP contribution in [0.3, 0.4) is 0 Å². The van der Waals surface area contributed by atoms with Crippen LogP contribution in [0.1, 0.15) is 25.7 Å². The Hall–Kier alpha value is -1.59. The monoisotopic (exact) mass is 332 g/mol. The predicted octanol–water partition coefficient (Wildman–Crippen LogP) is 2.20. The van der Waals surface area contributed by atoms with E-state index < -0.39 is 0 Å². The molecular weight excluding hydrogens is 304 g/mol. The van der Waals surface area contributed by atoms with E-state index in [9.17, 15) is 4.79 Å². The summed E-state index contributed by atoms with van der Waals surface area (Å²) in [5.41, 5.74) is 0. The molecule has 5 heteroatoms. The van der Waals surface area contributed by atoms with Gasteiger partial charge >= 0.3 is 0 Å². The van der Waals surface area contributed by atoms with Gasteiger partial charge in [-0.3, -0.25) is 14.6 Å². The Morgan fingerprint density at radius 2 is 1.67 bits per heavy atom. The molecule has 2 aliphatic rings. The van der Waals surface area contributed by atoms with Crippen molar-refractivity contribution in [3.8, 4) is 11.5 Å². The summed E-state index contributed by atoms with van der Waals surface area (Å²) in [6, 6.07) is 8.12. The molecule has 1 aromatic carbocycles. The number of hydrogen-bond acceptors (Lipinski definition) is 5. The second kappa shape index (κ2) is 8.49. The molecule has 0 N–H and O–H groups in total. The van der Waals surface area contributed by atoms with Gasteiger partial charge in [-0.05, 0) is 37.1 Å². The average Bonchev–Trinajstić information content (AvgIpc) is 3.16. The van der Waals surface area contributed by atoms with E-state index in [4.69, 9.17) is 9.47 Å². The van der Waals surface area contributed by atoms with Crippen molar-refractivity contribution in [3.63, 3.8) is 0 Å². The van der Waals surface area contributed by atoms with Crippen LogP contribution >= 0.6 is 0 Å². The van der Waals surface area contributed by atoms with Gasteiger partial charge in [0, 0.05) is 32.2 Å². The van der Waals surface area contributed by atoms with Gasteiger partial charge in [0.2, 0.25) is 0 Å². The van der Waals surface area contributed by atoms with E-state index in [1.807, 2.05) is 24.3 Å². The largest absolute Gasteiger partial charge is 0.497 e. The highest BCUT2D eigenvalue weighted by molar-refractivity contribution is 5.82. The minimum atomic E-state index is 0.134. The van der Waals surface area contributed by atoms with Gasteiger partial charge in [-0.15, -0.1) is 0 Å². The van der Waals surface area contributed by atoms with E-state index in [1.165, 1.54) is 25.7 Å². The van der Waals surface area contributed by atoms with Crippen LogP contribution in [0.5, 0.6) is 11.5 Å². The number of nitrogens with zero attached hydrogens (tertiary/aromatic N) is 2. The van der Waals surface area contributed by atoms with Gasteiger partial charge in [0.05, 0.1) is 13.7 Å². The average molecular weight is 332 g/mol. The summed E-state index contributed by atoms with van der Waals surface area (Å²) >= 11 is 0. The van der Waals surface area contributed by atoms with Gasteiger partial charge in [0.1, 0.15) is 18.1 Å². The molecule has 0 aromatic heterocycles. The zero-order valence-electron chi connectivity index (χ0n) is 14.6. The Morgan fingerprint density at radius 1 is 1.04 bits per heavy atom. The fraction of sp³-hybridized carbons (Fsp3) is 0.632. The number of rotatable bonds is 7. The lowest BCUT2D eigenvalue weighted by atomic mass is 10.2. The molecule has 1 saturated heterocycles. The summed E-state index contributed by atoms with van der Waals surface area (Å²) in [4.78, 5) is 17.0. The maximum Gasteiger partial charge on any atom is 0.184 e. The summed E-state index contributed by atoms with van der Waals surface area (Å²) < 4.78 is 10.7. The van der Waals surface area contributed by atoms with Crippen LogP contribution in [0.15, 0.2) is 24.3 Å². The van der Waals surface area contributed by atoms with E-state index in [1.54, 1.807) is 7.11 Å². The topological polar surface area (TPSA) is 42.0 Å². The van der Waals surface area contributed by atoms with E-state index in [0.717, 1.165) is 38.0 Å². The maximum atomic E-state index is 12.1. The molecule has 1 aliphatic heterocycles. The zero-order chi connectivity index (χ0) is 16.8. The van der Waals surface area contributed by atoms with E-state index in [2.05, 4.69) is 9.80 Å². The van der Waals surface area contributed by atoms with Crippen molar-refractivity contribution < 1.29 is 14.3 Å².